The third-order valence-electron chi connectivity index (χ3n) is 7.15. The first-order valence-corrected chi connectivity index (χ1v) is 13.1. The normalized spacial score (nSPS) is 31.5. The molecule has 4 bridgehead atoms. The van der Waals surface area contributed by atoms with Crippen molar-refractivity contribution in [2.24, 2.45) is 23.0 Å². The summed E-state index contributed by atoms with van der Waals surface area (Å²) in [6.07, 6.45) is 4.59. The van der Waals surface area contributed by atoms with Crippen molar-refractivity contribution in [1.82, 2.24) is 10.0 Å². The maximum atomic E-state index is 13.3. The quantitative estimate of drug-likeness (QED) is 0.528. The maximum absolute atomic E-state index is 13.3. The molecule has 0 radical (unpaired) electrons. The largest absolute Gasteiger partial charge is 0.369 e. The van der Waals surface area contributed by atoms with E-state index in [2.05, 4.69) is 10.0 Å². The number of halogens is 3. The van der Waals surface area contributed by atoms with Crippen molar-refractivity contribution in [1.29, 1.82) is 0 Å². The van der Waals surface area contributed by atoms with Crippen LogP contribution < -0.4 is 15.8 Å². The lowest BCUT2D eigenvalue weighted by Gasteiger charge is -2.61. The molecule has 0 spiro atoms. The summed E-state index contributed by atoms with van der Waals surface area (Å²) in [7, 11) is -4.24. The van der Waals surface area contributed by atoms with Gasteiger partial charge in [0, 0.05) is 10.6 Å². The van der Waals surface area contributed by atoms with Crippen LogP contribution in [0.3, 0.4) is 0 Å². The molecule has 1 aromatic carbocycles. The lowest BCUT2D eigenvalue weighted by Crippen LogP contribution is -2.68. The standard InChI is InChI=1S/C21H26Cl3N3O4S/c1-19(2,27-32(30,31)16-14(23)4-13(22)5-15(16)24)18(29)26-21-8-11-3-12(9-21)7-20(6-11,10-21)17(25)28/h4-5,11-12,27H,3,6-10H2,1-2H3,(H2,25,28)(H,26,29). The second-order valence-corrected chi connectivity index (χ2v) is 13.1. The molecule has 4 saturated carbocycles. The first-order chi connectivity index (χ1) is 14.7. The molecule has 4 N–H and O–H groups in total. The van der Waals surface area contributed by atoms with Gasteiger partial charge in [0.05, 0.1) is 15.5 Å². The monoisotopic (exact) mass is 521 g/mol. The predicted octanol–water partition coefficient (Wildman–Crippen LogP) is 3.64. The van der Waals surface area contributed by atoms with Crippen LogP contribution in [0.1, 0.15) is 52.4 Å². The van der Waals surface area contributed by atoms with Gasteiger partial charge in [-0.2, -0.15) is 4.72 Å². The van der Waals surface area contributed by atoms with Gasteiger partial charge >= 0.3 is 0 Å². The summed E-state index contributed by atoms with van der Waals surface area (Å²) >= 11 is 18.1. The van der Waals surface area contributed by atoms with Crippen LogP contribution >= 0.6 is 34.8 Å². The van der Waals surface area contributed by atoms with Gasteiger partial charge in [-0.15, -0.1) is 0 Å². The van der Waals surface area contributed by atoms with Crippen LogP contribution in [0.5, 0.6) is 0 Å². The van der Waals surface area contributed by atoms with Gasteiger partial charge < -0.3 is 11.1 Å². The number of amides is 2. The molecule has 0 aromatic heterocycles. The number of primary amides is 1. The molecule has 7 nitrogen and oxygen atoms in total. The minimum absolute atomic E-state index is 0.143. The van der Waals surface area contributed by atoms with Crippen molar-refractivity contribution < 1.29 is 18.0 Å². The molecule has 176 valence electrons. The average molecular weight is 523 g/mol. The molecular weight excluding hydrogens is 497 g/mol. The molecule has 1 aromatic rings. The van der Waals surface area contributed by atoms with Gasteiger partial charge in [0.1, 0.15) is 10.4 Å². The zero-order valence-electron chi connectivity index (χ0n) is 17.8. The number of nitrogens with one attached hydrogen (secondary N) is 2. The Hall–Kier alpha value is -1.06. The molecule has 2 atom stereocenters. The first-order valence-electron chi connectivity index (χ1n) is 10.5. The number of hydrogen-bond donors (Lipinski definition) is 3. The molecule has 5 rings (SSSR count). The van der Waals surface area contributed by atoms with Crippen molar-refractivity contribution in [3.05, 3.63) is 27.2 Å². The number of carbonyl (C=O) groups excluding carboxylic acids is 2. The van der Waals surface area contributed by atoms with E-state index in [1.54, 1.807) is 0 Å². The second kappa shape index (κ2) is 7.73. The highest BCUT2D eigenvalue weighted by atomic mass is 35.5. The number of benzene rings is 1. The minimum atomic E-state index is -4.24. The van der Waals surface area contributed by atoms with Gasteiger partial charge in [-0.3, -0.25) is 9.59 Å². The van der Waals surface area contributed by atoms with Crippen molar-refractivity contribution in [3.8, 4) is 0 Å². The van der Waals surface area contributed by atoms with Gasteiger partial charge in [0.25, 0.3) is 0 Å². The van der Waals surface area contributed by atoms with Crippen molar-refractivity contribution in [3.63, 3.8) is 0 Å². The molecule has 4 aliphatic carbocycles. The van der Waals surface area contributed by atoms with Gasteiger partial charge in [-0.25, -0.2) is 8.42 Å². The van der Waals surface area contributed by atoms with E-state index >= 15 is 0 Å². The fourth-order valence-corrected chi connectivity index (χ4v) is 9.24. The topological polar surface area (TPSA) is 118 Å². The zero-order valence-corrected chi connectivity index (χ0v) is 20.9. The fraction of sp³-hybridized carbons (Fsp3) is 0.619. The molecule has 11 heteroatoms. The van der Waals surface area contributed by atoms with E-state index in [4.69, 9.17) is 40.5 Å². The number of sulfonamides is 1. The summed E-state index contributed by atoms with van der Waals surface area (Å²) in [6.45, 7) is 2.95. The van der Waals surface area contributed by atoms with Crippen molar-refractivity contribution in [2.45, 2.75) is 68.3 Å². The smallest absolute Gasteiger partial charge is 0.244 e. The molecule has 2 amide bonds. The zero-order chi connectivity index (χ0) is 23.7. The van der Waals surface area contributed by atoms with Gasteiger partial charge in [0.15, 0.2) is 0 Å². The lowest BCUT2D eigenvalue weighted by molar-refractivity contribution is -0.151. The minimum Gasteiger partial charge on any atom is -0.369 e. The maximum Gasteiger partial charge on any atom is 0.244 e. The fourth-order valence-electron chi connectivity index (χ4n) is 6.31. The lowest BCUT2D eigenvalue weighted by atomic mass is 9.46. The van der Waals surface area contributed by atoms with E-state index in [9.17, 15) is 18.0 Å². The highest BCUT2D eigenvalue weighted by molar-refractivity contribution is 7.89. The molecular formula is C21H26Cl3N3O4S. The van der Waals surface area contributed by atoms with Gasteiger partial charge in [-0.05, 0) is 76.3 Å². The number of rotatable bonds is 6. The molecule has 0 saturated heterocycles. The Morgan fingerprint density at radius 3 is 2.09 bits per heavy atom. The van der Waals surface area contributed by atoms with Crippen molar-refractivity contribution >= 4 is 56.6 Å². The summed E-state index contributed by atoms with van der Waals surface area (Å²) in [6, 6.07) is 2.55. The number of carbonyl (C=O) groups is 2. The van der Waals surface area contributed by atoms with E-state index in [1.807, 2.05) is 0 Å². The van der Waals surface area contributed by atoms with Gasteiger partial charge in [-0.1, -0.05) is 34.8 Å². The summed E-state index contributed by atoms with van der Waals surface area (Å²) in [4.78, 5) is 25.3. The Morgan fingerprint density at radius 1 is 1.06 bits per heavy atom. The summed E-state index contributed by atoms with van der Waals surface area (Å²) in [5, 5.41) is 3.01. The van der Waals surface area contributed by atoms with E-state index in [-0.39, 0.29) is 25.9 Å². The third kappa shape index (κ3) is 4.13. The first kappa shape index (κ1) is 24.1. The van der Waals surface area contributed by atoms with Crippen LogP contribution in [-0.2, 0) is 19.6 Å². The third-order valence-corrected chi connectivity index (χ3v) is 9.95. The molecule has 2 unspecified atom stereocenters. The van der Waals surface area contributed by atoms with Crippen LogP contribution in [0.15, 0.2) is 17.0 Å². The van der Waals surface area contributed by atoms with E-state index in [0.717, 1.165) is 32.1 Å². The Balaban J connectivity index is 1.57. The summed E-state index contributed by atoms with van der Waals surface area (Å²) in [5.74, 6) is -0.132. The average Bonchev–Trinajstić information content (AvgIpc) is 2.57. The number of hydrogen-bond acceptors (Lipinski definition) is 4. The van der Waals surface area contributed by atoms with Crippen LogP contribution in [-0.4, -0.2) is 31.3 Å². The Morgan fingerprint density at radius 2 is 1.59 bits per heavy atom. The molecule has 4 fully saturated rings. The van der Waals surface area contributed by atoms with Crippen LogP contribution in [0.2, 0.25) is 15.1 Å². The Bertz CT molecular complexity index is 1070. The summed E-state index contributed by atoms with van der Waals surface area (Å²) in [5.41, 5.74) is 3.12. The van der Waals surface area contributed by atoms with Crippen LogP contribution in [0.25, 0.3) is 0 Å². The van der Waals surface area contributed by atoms with Crippen LogP contribution in [0.4, 0.5) is 0 Å². The van der Waals surface area contributed by atoms with E-state index < -0.39 is 32.4 Å². The number of nitrogens with two attached hydrogens (primary N) is 1. The SMILES string of the molecule is CC(C)(NS(=O)(=O)c1c(Cl)cc(Cl)cc1Cl)C(=O)NC12CC3CC(C1)CC(C(N)=O)(C3)C2. The second-order valence-electron chi connectivity index (χ2n) is 10.3. The molecule has 0 aliphatic heterocycles. The molecule has 4 aliphatic rings. The van der Waals surface area contributed by atoms with Crippen molar-refractivity contribution in [2.75, 3.05) is 0 Å². The highest BCUT2D eigenvalue weighted by Gasteiger charge is 2.61. The Labute approximate surface area is 202 Å². The Kier molecular flexibility index (Phi) is 5.82. The predicted molar refractivity (Wildman–Crippen MR) is 123 cm³/mol. The van der Waals surface area contributed by atoms with E-state index in [1.165, 1.54) is 26.0 Å². The molecule has 32 heavy (non-hydrogen) atoms. The highest BCUT2D eigenvalue weighted by Crippen LogP contribution is 2.61. The van der Waals surface area contributed by atoms with E-state index in [0.29, 0.717) is 18.3 Å². The summed E-state index contributed by atoms with van der Waals surface area (Å²) < 4.78 is 28.5. The van der Waals surface area contributed by atoms with Crippen LogP contribution in [0, 0.1) is 17.3 Å². The molecule has 0 heterocycles. The van der Waals surface area contributed by atoms with Gasteiger partial charge in [0.2, 0.25) is 21.8 Å².